The first kappa shape index (κ1) is 18.0. The summed E-state index contributed by atoms with van der Waals surface area (Å²) >= 11 is 0. The van der Waals surface area contributed by atoms with E-state index < -0.39 is 0 Å². The third-order valence-electron chi connectivity index (χ3n) is 6.09. The van der Waals surface area contributed by atoms with Crippen molar-refractivity contribution in [1.82, 2.24) is 20.4 Å². The highest BCUT2D eigenvalue weighted by molar-refractivity contribution is 5.80. The summed E-state index contributed by atoms with van der Waals surface area (Å²) in [4.78, 5) is 9.75. The van der Waals surface area contributed by atoms with E-state index >= 15 is 0 Å². The smallest absolute Gasteiger partial charge is 0.191 e. The van der Waals surface area contributed by atoms with E-state index in [4.69, 9.17) is 0 Å². The second kappa shape index (κ2) is 9.04. The van der Waals surface area contributed by atoms with Gasteiger partial charge in [-0.05, 0) is 51.1 Å². The second-order valence-electron chi connectivity index (χ2n) is 7.97. The molecule has 2 aliphatic heterocycles. The lowest BCUT2D eigenvalue weighted by Gasteiger charge is -2.24. The van der Waals surface area contributed by atoms with Gasteiger partial charge in [0.25, 0.3) is 0 Å². The molecule has 0 amide bonds. The van der Waals surface area contributed by atoms with Gasteiger partial charge in [0.05, 0.1) is 0 Å². The molecule has 5 nitrogen and oxygen atoms in total. The first-order valence-corrected chi connectivity index (χ1v) is 10.2. The van der Waals surface area contributed by atoms with Gasteiger partial charge in [0.1, 0.15) is 0 Å². The molecule has 0 bridgehead atoms. The highest BCUT2D eigenvalue weighted by Gasteiger charge is 2.30. The molecule has 24 heavy (non-hydrogen) atoms. The number of rotatable bonds is 6. The third kappa shape index (κ3) is 4.85. The van der Waals surface area contributed by atoms with Crippen molar-refractivity contribution < 1.29 is 0 Å². The molecular formula is C19H37N5. The molecule has 2 atom stereocenters. The Morgan fingerprint density at radius 2 is 1.92 bits per heavy atom. The Morgan fingerprint density at radius 1 is 1.08 bits per heavy atom. The summed E-state index contributed by atoms with van der Waals surface area (Å²) in [6, 6.07) is 1.42. The molecule has 3 aliphatic rings. The largest absolute Gasteiger partial charge is 0.356 e. The summed E-state index contributed by atoms with van der Waals surface area (Å²) in [7, 11) is 1.90. The maximum Gasteiger partial charge on any atom is 0.191 e. The topological polar surface area (TPSA) is 42.9 Å². The minimum absolute atomic E-state index is 0.567. The van der Waals surface area contributed by atoms with Crippen molar-refractivity contribution in [3.05, 3.63) is 0 Å². The number of likely N-dealkylation sites (tertiary alicyclic amines) is 2. The van der Waals surface area contributed by atoms with Crippen LogP contribution in [0.25, 0.3) is 0 Å². The minimum Gasteiger partial charge on any atom is -0.356 e. The first-order valence-electron chi connectivity index (χ1n) is 10.2. The molecule has 0 aromatic carbocycles. The molecule has 2 N–H and O–H groups in total. The number of nitrogens with zero attached hydrogens (tertiary/aromatic N) is 3. The maximum atomic E-state index is 4.45. The Balaban J connectivity index is 1.36. The molecule has 1 saturated carbocycles. The normalized spacial score (nSPS) is 30.3. The lowest BCUT2D eigenvalue weighted by Crippen LogP contribution is -2.46. The van der Waals surface area contributed by atoms with Crippen molar-refractivity contribution >= 4 is 5.96 Å². The lowest BCUT2D eigenvalue weighted by molar-refractivity contribution is 0.242. The molecule has 0 aromatic rings. The van der Waals surface area contributed by atoms with Crippen molar-refractivity contribution in [1.29, 1.82) is 0 Å². The van der Waals surface area contributed by atoms with Crippen LogP contribution in [0.5, 0.6) is 0 Å². The SMILES string of the molecule is CCCN1CCC(CNC(=NC)NC2CCN(C3CCCC3)C2)C1. The Kier molecular flexibility index (Phi) is 6.78. The van der Waals surface area contributed by atoms with Gasteiger partial charge in [0.2, 0.25) is 0 Å². The Morgan fingerprint density at radius 3 is 2.67 bits per heavy atom. The summed E-state index contributed by atoms with van der Waals surface area (Å²) in [5, 5.41) is 7.24. The van der Waals surface area contributed by atoms with Crippen LogP contribution >= 0.6 is 0 Å². The molecular weight excluding hydrogens is 298 g/mol. The van der Waals surface area contributed by atoms with E-state index in [9.17, 15) is 0 Å². The average Bonchev–Trinajstić information content (AvgIpc) is 3.32. The van der Waals surface area contributed by atoms with Crippen LogP contribution in [-0.4, -0.2) is 74.2 Å². The van der Waals surface area contributed by atoms with Gasteiger partial charge >= 0.3 is 0 Å². The second-order valence-corrected chi connectivity index (χ2v) is 7.97. The molecule has 2 heterocycles. The summed E-state index contributed by atoms with van der Waals surface area (Å²) in [5.74, 6) is 1.77. The summed E-state index contributed by atoms with van der Waals surface area (Å²) < 4.78 is 0. The van der Waals surface area contributed by atoms with Gasteiger partial charge in [-0.25, -0.2) is 0 Å². The fourth-order valence-corrected chi connectivity index (χ4v) is 4.73. The molecule has 5 heteroatoms. The molecule has 0 spiro atoms. The lowest BCUT2D eigenvalue weighted by atomic mass is 10.1. The van der Waals surface area contributed by atoms with Gasteiger partial charge in [-0.3, -0.25) is 9.89 Å². The van der Waals surface area contributed by atoms with Crippen molar-refractivity contribution in [3.8, 4) is 0 Å². The maximum absolute atomic E-state index is 4.45. The van der Waals surface area contributed by atoms with Gasteiger partial charge in [-0.1, -0.05) is 19.8 Å². The molecule has 3 fully saturated rings. The van der Waals surface area contributed by atoms with Gasteiger partial charge in [-0.2, -0.15) is 0 Å². The molecule has 3 rings (SSSR count). The predicted molar refractivity (Wildman–Crippen MR) is 102 cm³/mol. The fourth-order valence-electron chi connectivity index (χ4n) is 4.73. The van der Waals surface area contributed by atoms with Crippen LogP contribution in [0.3, 0.4) is 0 Å². The van der Waals surface area contributed by atoms with Crippen molar-refractivity contribution in [2.24, 2.45) is 10.9 Å². The Hall–Kier alpha value is -0.810. The number of nitrogens with one attached hydrogen (secondary N) is 2. The van der Waals surface area contributed by atoms with E-state index in [1.807, 2.05) is 7.05 Å². The van der Waals surface area contributed by atoms with Gasteiger partial charge in [-0.15, -0.1) is 0 Å². The zero-order valence-electron chi connectivity index (χ0n) is 15.8. The van der Waals surface area contributed by atoms with E-state index in [1.54, 1.807) is 0 Å². The van der Waals surface area contributed by atoms with E-state index in [1.165, 1.54) is 77.7 Å². The molecule has 2 saturated heterocycles. The quantitative estimate of drug-likeness (QED) is 0.575. The summed E-state index contributed by atoms with van der Waals surface area (Å²) in [5.41, 5.74) is 0. The van der Waals surface area contributed by atoms with E-state index in [-0.39, 0.29) is 0 Å². The zero-order valence-corrected chi connectivity index (χ0v) is 15.8. The number of aliphatic imine (C=N–C) groups is 1. The van der Waals surface area contributed by atoms with Crippen molar-refractivity contribution in [3.63, 3.8) is 0 Å². The van der Waals surface area contributed by atoms with Crippen LogP contribution in [0.1, 0.15) is 51.9 Å². The van der Waals surface area contributed by atoms with Gasteiger partial charge in [0.15, 0.2) is 5.96 Å². The minimum atomic E-state index is 0.567. The predicted octanol–water partition coefficient (Wildman–Crippen LogP) is 1.90. The van der Waals surface area contributed by atoms with Crippen molar-refractivity contribution in [2.45, 2.75) is 64.0 Å². The first-order chi connectivity index (χ1) is 11.8. The van der Waals surface area contributed by atoms with Crippen LogP contribution in [-0.2, 0) is 0 Å². The van der Waals surface area contributed by atoms with Crippen LogP contribution < -0.4 is 10.6 Å². The molecule has 0 aromatic heterocycles. The highest BCUT2D eigenvalue weighted by Crippen LogP contribution is 2.26. The van der Waals surface area contributed by atoms with Crippen LogP contribution in [0.2, 0.25) is 0 Å². The number of guanidine groups is 1. The Labute approximate surface area is 148 Å². The van der Waals surface area contributed by atoms with Crippen LogP contribution in [0.15, 0.2) is 4.99 Å². The molecule has 2 unspecified atom stereocenters. The Bertz CT molecular complexity index is 405. The van der Waals surface area contributed by atoms with E-state index in [0.717, 1.165) is 24.5 Å². The van der Waals surface area contributed by atoms with Crippen molar-refractivity contribution in [2.75, 3.05) is 46.3 Å². The van der Waals surface area contributed by atoms with Crippen LogP contribution in [0.4, 0.5) is 0 Å². The highest BCUT2D eigenvalue weighted by atomic mass is 15.3. The van der Waals surface area contributed by atoms with E-state index in [2.05, 4.69) is 32.3 Å². The van der Waals surface area contributed by atoms with Gasteiger partial charge in [0, 0.05) is 45.3 Å². The molecule has 1 aliphatic carbocycles. The van der Waals surface area contributed by atoms with Gasteiger partial charge < -0.3 is 15.5 Å². The average molecular weight is 336 g/mol. The summed E-state index contributed by atoms with van der Waals surface area (Å²) in [6.07, 6.45) is 9.53. The third-order valence-corrected chi connectivity index (χ3v) is 6.09. The fraction of sp³-hybridized carbons (Fsp3) is 0.947. The molecule has 138 valence electrons. The standard InChI is InChI=1S/C19H37N5/c1-3-10-23-11-8-16(14-23)13-21-19(20-2)22-17-9-12-24(15-17)18-6-4-5-7-18/h16-18H,3-15H2,1-2H3,(H2,20,21,22). The van der Waals surface area contributed by atoms with Crippen LogP contribution in [0, 0.1) is 5.92 Å². The van der Waals surface area contributed by atoms with E-state index in [0.29, 0.717) is 6.04 Å². The zero-order chi connectivity index (χ0) is 16.8. The molecule has 0 radical (unpaired) electrons. The number of hydrogen-bond acceptors (Lipinski definition) is 3. The number of hydrogen-bond donors (Lipinski definition) is 2. The summed E-state index contributed by atoms with van der Waals surface area (Å²) in [6.45, 7) is 9.55. The monoisotopic (exact) mass is 335 g/mol.